The van der Waals surface area contributed by atoms with Gasteiger partial charge in [0.05, 0.1) is 21.7 Å². The highest BCUT2D eigenvalue weighted by molar-refractivity contribution is 6.38. The van der Waals surface area contributed by atoms with Crippen LogP contribution in [0.15, 0.2) is 36.4 Å². The molecule has 0 saturated carbocycles. The minimum atomic E-state index is -0.651. The molecule has 0 N–H and O–H groups in total. The highest BCUT2D eigenvalue weighted by Gasteiger charge is 2.38. The molecule has 0 aliphatic carbocycles. The highest BCUT2D eigenvalue weighted by atomic mass is 35.5. The lowest BCUT2D eigenvalue weighted by molar-refractivity contribution is -0.384. The van der Waals surface area contributed by atoms with Crippen LogP contribution in [0.2, 0.25) is 10.0 Å². The van der Waals surface area contributed by atoms with Gasteiger partial charge in [0, 0.05) is 22.2 Å². The number of carbonyl (C=O) groups is 2. The summed E-state index contributed by atoms with van der Waals surface area (Å²) in [7, 11) is 0. The smallest absolute Gasteiger partial charge is 0.268 e. The number of non-ortho nitro benzene ring substituents is 1. The Morgan fingerprint density at radius 2 is 1.50 bits per heavy atom. The van der Waals surface area contributed by atoms with Gasteiger partial charge in [0.15, 0.2) is 0 Å². The second-order valence-corrected chi connectivity index (χ2v) is 5.43. The SMILES string of the molecule is O=C1c2ccc([N+](=O)[O-])cc2C(=O)N1c1cc(Cl)cc(Cl)c1. The molecule has 0 fully saturated rings. The molecule has 8 heteroatoms. The summed E-state index contributed by atoms with van der Waals surface area (Å²) in [6, 6.07) is 7.84. The van der Waals surface area contributed by atoms with Crippen LogP contribution >= 0.6 is 23.2 Å². The van der Waals surface area contributed by atoms with Crippen LogP contribution in [0, 0.1) is 10.1 Å². The molecule has 0 aromatic heterocycles. The minimum absolute atomic E-state index is 0.0182. The van der Waals surface area contributed by atoms with E-state index in [2.05, 4.69) is 0 Å². The second kappa shape index (κ2) is 5.08. The Balaban J connectivity index is 2.12. The Morgan fingerprint density at radius 3 is 2.09 bits per heavy atom. The van der Waals surface area contributed by atoms with Crippen molar-refractivity contribution in [1.29, 1.82) is 0 Å². The average molecular weight is 337 g/mol. The summed E-state index contributed by atoms with van der Waals surface area (Å²) in [5, 5.41) is 11.3. The minimum Gasteiger partial charge on any atom is -0.268 e. The molecule has 0 atom stereocenters. The molecule has 0 bridgehead atoms. The summed E-state index contributed by atoms with van der Waals surface area (Å²) >= 11 is 11.8. The number of nitro benzene ring substituents is 1. The molecule has 0 spiro atoms. The number of halogens is 2. The molecule has 3 rings (SSSR count). The van der Waals surface area contributed by atoms with Gasteiger partial charge in [0.1, 0.15) is 0 Å². The van der Waals surface area contributed by atoms with Gasteiger partial charge in [-0.15, -0.1) is 0 Å². The Labute approximate surface area is 134 Å². The summed E-state index contributed by atoms with van der Waals surface area (Å²) < 4.78 is 0. The first-order valence-corrected chi connectivity index (χ1v) is 6.77. The maximum Gasteiger partial charge on any atom is 0.270 e. The van der Waals surface area contributed by atoms with Gasteiger partial charge in [0.25, 0.3) is 17.5 Å². The molecule has 1 aliphatic heterocycles. The monoisotopic (exact) mass is 336 g/mol. The quantitative estimate of drug-likeness (QED) is 0.475. The summed E-state index contributed by atoms with van der Waals surface area (Å²) in [4.78, 5) is 35.8. The maximum atomic E-state index is 12.4. The fourth-order valence-electron chi connectivity index (χ4n) is 2.25. The summed E-state index contributed by atoms with van der Waals surface area (Å²) in [6.07, 6.45) is 0. The van der Waals surface area contributed by atoms with E-state index >= 15 is 0 Å². The Hall–Kier alpha value is -2.44. The zero-order chi connectivity index (χ0) is 16.0. The van der Waals surface area contributed by atoms with Crippen molar-refractivity contribution in [3.63, 3.8) is 0 Å². The molecule has 22 heavy (non-hydrogen) atoms. The van der Waals surface area contributed by atoms with Crippen LogP contribution in [-0.4, -0.2) is 16.7 Å². The number of amides is 2. The van der Waals surface area contributed by atoms with Crippen LogP contribution in [0.1, 0.15) is 20.7 Å². The van der Waals surface area contributed by atoms with Crippen molar-refractivity contribution in [2.24, 2.45) is 0 Å². The average Bonchev–Trinajstić information content (AvgIpc) is 2.69. The van der Waals surface area contributed by atoms with Crippen LogP contribution in [0.4, 0.5) is 11.4 Å². The first kappa shape index (κ1) is 14.5. The number of imide groups is 1. The zero-order valence-electron chi connectivity index (χ0n) is 10.7. The van der Waals surface area contributed by atoms with Gasteiger partial charge in [-0.1, -0.05) is 23.2 Å². The highest BCUT2D eigenvalue weighted by Crippen LogP contribution is 2.33. The zero-order valence-corrected chi connectivity index (χ0v) is 12.3. The van der Waals surface area contributed by atoms with E-state index in [1.165, 1.54) is 30.3 Å². The third-order valence-electron chi connectivity index (χ3n) is 3.19. The Morgan fingerprint density at radius 1 is 0.909 bits per heavy atom. The number of hydrogen-bond donors (Lipinski definition) is 0. The van der Waals surface area contributed by atoms with E-state index < -0.39 is 16.7 Å². The van der Waals surface area contributed by atoms with E-state index in [4.69, 9.17) is 23.2 Å². The van der Waals surface area contributed by atoms with Crippen LogP contribution in [0.3, 0.4) is 0 Å². The summed E-state index contributed by atoms with van der Waals surface area (Å²) in [5.41, 5.74) is 0.0409. The standard InChI is InChI=1S/C14H6Cl2N2O4/c15-7-3-8(16)5-10(4-7)17-13(19)11-2-1-9(18(21)22)6-12(11)14(17)20/h1-6H. The summed E-state index contributed by atoms with van der Waals surface area (Å²) in [5.74, 6) is -1.23. The van der Waals surface area contributed by atoms with Crippen LogP contribution in [-0.2, 0) is 0 Å². The number of hydrogen-bond acceptors (Lipinski definition) is 4. The van der Waals surface area contributed by atoms with E-state index in [1.54, 1.807) is 0 Å². The lowest BCUT2D eigenvalue weighted by Gasteiger charge is -2.14. The molecule has 0 radical (unpaired) electrons. The van der Waals surface area contributed by atoms with Crippen molar-refractivity contribution in [3.8, 4) is 0 Å². The first-order chi connectivity index (χ1) is 10.4. The second-order valence-electron chi connectivity index (χ2n) is 4.56. The molecule has 2 aromatic rings. The normalized spacial score (nSPS) is 13.5. The van der Waals surface area contributed by atoms with Crippen molar-refractivity contribution < 1.29 is 14.5 Å². The van der Waals surface area contributed by atoms with Crippen LogP contribution in [0.5, 0.6) is 0 Å². The van der Waals surface area contributed by atoms with Crippen LogP contribution < -0.4 is 4.90 Å². The topological polar surface area (TPSA) is 80.5 Å². The van der Waals surface area contributed by atoms with Crippen molar-refractivity contribution in [2.75, 3.05) is 4.90 Å². The molecule has 1 aliphatic rings. The first-order valence-electron chi connectivity index (χ1n) is 6.02. The third-order valence-corrected chi connectivity index (χ3v) is 3.62. The lowest BCUT2D eigenvalue weighted by Crippen LogP contribution is -2.29. The molecule has 6 nitrogen and oxygen atoms in total. The number of carbonyl (C=O) groups excluding carboxylic acids is 2. The third kappa shape index (κ3) is 2.22. The molecule has 2 amide bonds. The van der Waals surface area contributed by atoms with E-state index in [9.17, 15) is 19.7 Å². The fourth-order valence-corrected chi connectivity index (χ4v) is 2.76. The number of benzene rings is 2. The van der Waals surface area contributed by atoms with Gasteiger partial charge in [0.2, 0.25) is 0 Å². The van der Waals surface area contributed by atoms with Crippen LogP contribution in [0.25, 0.3) is 0 Å². The van der Waals surface area contributed by atoms with E-state index in [1.807, 2.05) is 0 Å². The number of fused-ring (bicyclic) bond motifs is 1. The number of nitro groups is 1. The number of anilines is 1. The molecule has 2 aromatic carbocycles. The van der Waals surface area contributed by atoms with Crippen molar-refractivity contribution >= 4 is 46.4 Å². The van der Waals surface area contributed by atoms with Crippen molar-refractivity contribution in [3.05, 3.63) is 67.7 Å². The van der Waals surface area contributed by atoms with Gasteiger partial charge in [-0.05, 0) is 24.3 Å². The predicted molar refractivity (Wildman–Crippen MR) is 80.7 cm³/mol. The molecule has 110 valence electrons. The van der Waals surface area contributed by atoms with Gasteiger partial charge < -0.3 is 0 Å². The molecular weight excluding hydrogens is 331 g/mol. The van der Waals surface area contributed by atoms with Crippen molar-refractivity contribution in [2.45, 2.75) is 0 Å². The largest absolute Gasteiger partial charge is 0.270 e. The van der Waals surface area contributed by atoms with E-state index in [-0.39, 0.29) is 32.5 Å². The predicted octanol–water partition coefficient (Wildman–Crippen LogP) is 3.70. The summed E-state index contributed by atoms with van der Waals surface area (Å²) in [6.45, 7) is 0. The molecule has 1 heterocycles. The maximum absolute atomic E-state index is 12.4. The molecule has 0 unspecified atom stereocenters. The fraction of sp³-hybridized carbons (Fsp3) is 0. The lowest BCUT2D eigenvalue weighted by atomic mass is 10.1. The Bertz CT molecular complexity index is 830. The van der Waals surface area contributed by atoms with Gasteiger partial charge >= 0.3 is 0 Å². The number of rotatable bonds is 2. The van der Waals surface area contributed by atoms with Gasteiger partial charge in [-0.2, -0.15) is 0 Å². The van der Waals surface area contributed by atoms with E-state index in [0.717, 1.165) is 11.0 Å². The van der Waals surface area contributed by atoms with Gasteiger partial charge in [-0.3, -0.25) is 19.7 Å². The van der Waals surface area contributed by atoms with Gasteiger partial charge in [-0.25, -0.2) is 4.90 Å². The van der Waals surface area contributed by atoms with Crippen molar-refractivity contribution in [1.82, 2.24) is 0 Å². The molecular formula is C14H6Cl2N2O4. The Kier molecular flexibility index (Phi) is 3.35. The van der Waals surface area contributed by atoms with E-state index in [0.29, 0.717) is 0 Å². The molecule has 0 saturated heterocycles. The number of nitrogens with zero attached hydrogens (tertiary/aromatic N) is 2.